The number of thiophene rings is 1. The van der Waals surface area contributed by atoms with Gasteiger partial charge in [-0.25, -0.2) is 4.79 Å². The summed E-state index contributed by atoms with van der Waals surface area (Å²) in [6.45, 7) is 3.30. The molecule has 27 heavy (non-hydrogen) atoms. The SMILES string of the molecule is C[C@@H]1c2ccsc2CCN1CC(=O)NC(=O)NC12CC3CC(CC(C3)C1)C2. The molecule has 1 atom stereocenters. The third kappa shape index (κ3) is 3.31. The molecule has 4 fully saturated rings. The van der Waals surface area contributed by atoms with Gasteiger partial charge in [-0.05, 0) is 86.6 Å². The fourth-order valence-electron chi connectivity index (χ4n) is 6.66. The van der Waals surface area contributed by atoms with Crippen LogP contribution in [0.25, 0.3) is 0 Å². The number of urea groups is 1. The van der Waals surface area contributed by atoms with E-state index in [0.717, 1.165) is 50.0 Å². The van der Waals surface area contributed by atoms with Crippen molar-refractivity contribution < 1.29 is 9.59 Å². The lowest BCUT2D eigenvalue weighted by Crippen LogP contribution is -2.62. The summed E-state index contributed by atoms with van der Waals surface area (Å²) in [6.07, 6.45) is 8.33. The van der Waals surface area contributed by atoms with Crippen molar-refractivity contribution in [1.29, 1.82) is 0 Å². The van der Waals surface area contributed by atoms with Crippen LogP contribution in [0.5, 0.6) is 0 Å². The van der Waals surface area contributed by atoms with Crippen LogP contribution in [0.3, 0.4) is 0 Å². The first-order chi connectivity index (χ1) is 13.0. The number of imide groups is 1. The Morgan fingerprint density at radius 1 is 1.19 bits per heavy atom. The van der Waals surface area contributed by atoms with Crippen LogP contribution in [0, 0.1) is 17.8 Å². The highest BCUT2D eigenvalue weighted by Crippen LogP contribution is 2.55. The Morgan fingerprint density at radius 3 is 2.52 bits per heavy atom. The summed E-state index contributed by atoms with van der Waals surface area (Å²) in [7, 11) is 0. The number of hydrogen-bond donors (Lipinski definition) is 2. The molecular weight excluding hydrogens is 358 g/mol. The zero-order chi connectivity index (χ0) is 18.6. The van der Waals surface area contributed by atoms with Crippen molar-refractivity contribution >= 4 is 23.3 Å². The third-order valence-corrected chi connectivity index (χ3v) is 8.42. The van der Waals surface area contributed by atoms with Crippen molar-refractivity contribution in [2.45, 2.75) is 63.5 Å². The molecular formula is C21H29N3O2S. The van der Waals surface area contributed by atoms with E-state index in [1.807, 2.05) is 0 Å². The van der Waals surface area contributed by atoms with Gasteiger partial charge < -0.3 is 5.32 Å². The molecule has 146 valence electrons. The minimum atomic E-state index is -0.289. The van der Waals surface area contributed by atoms with Crippen LogP contribution >= 0.6 is 11.3 Å². The lowest BCUT2D eigenvalue weighted by atomic mass is 9.53. The average molecular weight is 388 g/mol. The molecule has 4 aliphatic carbocycles. The van der Waals surface area contributed by atoms with Crippen molar-refractivity contribution in [2.75, 3.05) is 13.1 Å². The number of amides is 3. The van der Waals surface area contributed by atoms with E-state index in [0.29, 0.717) is 0 Å². The van der Waals surface area contributed by atoms with E-state index in [1.54, 1.807) is 11.3 Å². The molecule has 0 radical (unpaired) electrons. The summed E-state index contributed by atoms with van der Waals surface area (Å²) in [6, 6.07) is 2.11. The zero-order valence-electron chi connectivity index (χ0n) is 16.0. The highest BCUT2D eigenvalue weighted by atomic mass is 32.1. The van der Waals surface area contributed by atoms with Crippen LogP contribution in [-0.2, 0) is 11.2 Å². The second kappa shape index (κ2) is 6.59. The molecule has 6 heteroatoms. The minimum absolute atomic E-state index is 0.0525. The van der Waals surface area contributed by atoms with E-state index in [1.165, 1.54) is 29.7 Å². The summed E-state index contributed by atoms with van der Waals surface area (Å²) < 4.78 is 0. The van der Waals surface area contributed by atoms with Gasteiger partial charge in [0.05, 0.1) is 6.54 Å². The number of hydrogen-bond acceptors (Lipinski definition) is 4. The Morgan fingerprint density at radius 2 is 1.85 bits per heavy atom. The van der Waals surface area contributed by atoms with Gasteiger partial charge in [0.2, 0.25) is 5.91 Å². The second-order valence-electron chi connectivity index (χ2n) is 9.40. The van der Waals surface area contributed by atoms with Crippen molar-refractivity contribution in [3.8, 4) is 0 Å². The van der Waals surface area contributed by atoms with Gasteiger partial charge in [-0.1, -0.05) is 0 Å². The molecule has 5 nitrogen and oxygen atoms in total. The molecule has 3 amide bonds. The Kier molecular flexibility index (Phi) is 4.32. The molecule has 2 heterocycles. The van der Waals surface area contributed by atoms with Crippen LogP contribution in [-0.4, -0.2) is 35.5 Å². The highest BCUT2D eigenvalue weighted by molar-refractivity contribution is 7.10. The topological polar surface area (TPSA) is 61.4 Å². The van der Waals surface area contributed by atoms with Gasteiger partial charge in [0.15, 0.2) is 0 Å². The number of carbonyl (C=O) groups excluding carboxylic acids is 2. The Balaban J connectivity index is 1.17. The van der Waals surface area contributed by atoms with Crippen LogP contribution in [0.4, 0.5) is 4.79 Å². The minimum Gasteiger partial charge on any atom is -0.332 e. The van der Waals surface area contributed by atoms with Gasteiger partial charge in [0, 0.05) is 23.0 Å². The number of rotatable bonds is 3. The molecule has 0 spiro atoms. The quantitative estimate of drug-likeness (QED) is 0.835. The summed E-state index contributed by atoms with van der Waals surface area (Å²) >= 11 is 1.80. The molecule has 0 unspecified atom stereocenters. The summed E-state index contributed by atoms with van der Waals surface area (Å²) in [5.41, 5.74) is 1.28. The van der Waals surface area contributed by atoms with E-state index < -0.39 is 0 Å². The standard InChI is InChI=1S/C21H29N3O2S/c1-13-17-3-5-27-18(17)2-4-24(13)12-19(25)22-20(26)23-21-9-14-6-15(10-21)8-16(7-14)11-21/h3,5,13-16H,2,4,6-12H2,1H3,(H2,22,23,25,26)/t13-,14?,15?,16?,21?/m1/s1. The van der Waals surface area contributed by atoms with Gasteiger partial charge in [0.25, 0.3) is 0 Å². The Bertz CT molecular complexity index is 723. The molecule has 2 N–H and O–H groups in total. The lowest BCUT2D eigenvalue weighted by molar-refractivity contribution is -0.121. The van der Waals surface area contributed by atoms with Gasteiger partial charge >= 0.3 is 6.03 Å². The largest absolute Gasteiger partial charge is 0.332 e. The molecule has 4 saturated carbocycles. The van der Waals surface area contributed by atoms with Crippen molar-refractivity contribution in [3.63, 3.8) is 0 Å². The molecule has 4 bridgehead atoms. The fourth-order valence-corrected chi connectivity index (χ4v) is 7.63. The zero-order valence-corrected chi connectivity index (χ0v) is 16.8. The fraction of sp³-hybridized carbons (Fsp3) is 0.714. The molecule has 1 aromatic rings. The first kappa shape index (κ1) is 17.7. The third-order valence-electron chi connectivity index (χ3n) is 7.42. The molecule has 5 aliphatic rings. The van der Waals surface area contributed by atoms with Crippen LogP contribution in [0.2, 0.25) is 0 Å². The number of nitrogens with one attached hydrogen (secondary N) is 2. The monoisotopic (exact) mass is 387 g/mol. The maximum Gasteiger partial charge on any atom is 0.321 e. The van der Waals surface area contributed by atoms with Gasteiger partial charge in [-0.2, -0.15) is 0 Å². The van der Waals surface area contributed by atoms with Crippen molar-refractivity contribution in [1.82, 2.24) is 15.5 Å². The molecule has 0 aromatic carbocycles. The normalized spacial score (nSPS) is 37.1. The van der Waals surface area contributed by atoms with Crippen LogP contribution < -0.4 is 10.6 Å². The van der Waals surface area contributed by atoms with Crippen LogP contribution in [0.15, 0.2) is 11.4 Å². The van der Waals surface area contributed by atoms with E-state index in [-0.39, 0.29) is 30.1 Å². The Hall–Kier alpha value is -1.40. The van der Waals surface area contributed by atoms with Crippen LogP contribution in [0.1, 0.15) is 61.9 Å². The second-order valence-corrected chi connectivity index (χ2v) is 10.4. The number of nitrogens with zero attached hydrogens (tertiary/aromatic N) is 1. The van der Waals surface area contributed by atoms with Gasteiger partial charge in [-0.15, -0.1) is 11.3 Å². The van der Waals surface area contributed by atoms with Crippen molar-refractivity contribution in [3.05, 3.63) is 21.9 Å². The molecule has 1 aliphatic heterocycles. The summed E-state index contributed by atoms with van der Waals surface area (Å²) in [4.78, 5) is 28.6. The highest BCUT2D eigenvalue weighted by Gasteiger charge is 2.51. The van der Waals surface area contributed by atoms with E-state index in [4.69, 9.17) is 0 Å². The first-order valence-corrected chi connectivity index (χ1v) is 11.3. The predicted octanol–water partition coefficient (Wildman–Crippen LogP) is 3.46. The number of carbonyl (C=O) groups is 2. The summed E-state index contributed by atoms with van der Waals surface area (Å²) in [5, 5.41) is 7.97. The van der Waals surface area contributed by atoms with Gasteiger partial charge in [-0.3, -0.25) is 15.0 Å². The molecule has 6 rings (SSSR count). The van der Waals surface area contributed by atoms with E-state index in [2.05, 4.69) is 33.9 Å². The average Bonchev–Trinajstić information content (AvgIpc) is 3.05. The Labute approximate surface area is 164 Å². The smallest absolute Gasteiger partial charge is 0.321 e. The number of fused-ring (bicyclic) bond motifs is 1. The molecule has 1 aromatic heterocycles. The van der Waals surface area contributed by atoms with E-state index in [9.17, 15) is 9.59 Å². The summed E-state index contributed by atoms with van der Waals surface area (Å²) in [5.74, 6) is 2.14. The van der Waals surface area contributed by atoms with Crippen molar-refractivity contribution in [2.24, 2.45) is 17.8 Å². The molecule has 0 saturated heterocycles. The maximum absolute atomic E-state index is 12.6. The first-order valence-electron chi connectivity index (χ1n) is 10.4. The van der Waals surface area contributed by atoms with Gasteiger partial charge in [0.1, 0.15) is 0 Å². The lowest BCUT2D eigenvalue weighted by Gasteiger charge is -2.56. The predicted molar refractivity (Wildman–Crippen MR) is 106 cm³/mol. The maximum atomic E-state index is 12.6. The van der Waals surface area contributed by atoms with E-state index >= 15 is 0 Å².